The Balaban J connectivity index is 2.21. The number of aromatic nitrogens is 1. The Bertz CT molecular complexity index is 414. The van der Waals surface area contributed by atoms with Crippen molar-refractivity contribution in [3.8, 4) is 0 Å². The van der Waals surface area contributed by atoms with Gasteiger partial charge in [0.25, 0.3) is 0 Å². The summed E-state index contributed by atoms with van der Waals surface area (Å²) in [6, 6.07) is 8.50. The number of fused-ring (bicyclic) bond motifs is 1. The molecule has 1 saturated heterocycles. The molecular formula is C10H9NO. The largest absolute Gasteiger partial charge is 0.368 e. The second kappa shape index (κ2) is 2.11. The third-order valence-corrected chi connectivity index (χ3v) is 2.28. The van der Waals surface area contributed by atoms with Crippen molar-refractivity contribution in [3.05, 3.63) is 36.0 Å². The van der Waals surface area contributed by atoms with Crippen molar-refractivity contribution in [2.75, 3.05) is 6.61 Å². The van der Waals surface area contributed by atoms with Gasteiger partial charge in [0.2, 0.25) is 0 Å². The SMILES string of the molecule is c1cc2ccc(C3CO3)cc2[nH]1. The molecule has 0 aliphatic carbocycles. The van der Waals surface area contributed by atoms with E-state index in [1.165, 1.54) is 16.5 Å². The number of nitrogens with one attached hydrogen (secondary N) is 1. The average molecular weight is 159 g/mol. The van der Waals surface area contributed by atoms with Gasteiger partial charge in [0.1, 0.15) is 6.10 Å². The van der Waals surface area contributed by atoms with Gasteiger partial charge in [-0.15, -0.1) is 0 Å². The third-order valence-electron chi connectivity index (χ3n) is 2.28. The monoisotopic (exact) mass is 159 g/mol. The molecule has 2 nitrogen and oxygen atoms in total. The van der Waals surface area contributed by atoms with Gasteiger partial charge in [-0.2, -0.15) is 0 Å². The summed E-state index contributed by atoms with van der Waals surface area (Å²) in [6.07, 6.45) is 2.32. The van der Waals surface area contributed by atoms with Crippen LogP contribution in [0.2, 0.25) is 0 Å². The molecular weight excluding hydrogens is 150 g/mol. The van der Waals surface area contributed by atoms with Crippen LogP contribution in [0.15, 0.2) is 30.5 Å². The van der Waals surface area contributed by atoms with Crippen molar-refractivity contribution in [2.24, 2.45) is 0 Å². The standard InChI is InChI=1S/C10H9NO/c1-2-8(10-6-12-10)5-9-7(1)3-4-11-9/h1-5,10-11H,6H2. The summed E-state index contributed by atoms with van der Waals surface area (Å²) in [4.78, 5) is 3.19. The molecule has 2 heteroatoms. The number of benzene rings is 1. The Kier molecular flexibility index (Phi) is 1.10. The summed E-state index contributed by atoms with van der Waals surface area (Å²) in [5.74, 6) is 0. The highest BCUT2D eigenvalue weighted by Crippen LogP contribution is 2.31. The van der Waals surface area contributed by atoms with Crippen molar-refractivity contribution in [3.63, 3.8) is 0 Å². The fourth-order valence-corrected chi connectivity index (χ4v) is 1.51. The van der Waals surface area contributed by atoms with Crippen LogP contribution in [0, 0.1) is 0 Å². The molecule has 1 aromatic carbocycles. The Morgan fingerprint density at radius 2 is 2.25 bits per heavy atom. The molecule has 2 heterocycles. The number of hydrogen-bond donors (Lipinski definition) is 1. The molecule has 1 fully saturated rings. The number of epoxide rings is 1. The second-order valence-corrected chi connectivity index (χ2v) is 3.15. The molecule has 0 spiro atoms. The van der Waals surface area contributed by atoms with Crippen LogP contribution >= 0.6 is 0 Å². The van der Waals surface area contributed by atoms with Gasteiger partial charge < -0.3 is 9.72 Å². The average Bonchev–Trinajstić information content (AvgIpc) is 2.84. The zero-order valence-electron chi connectivity index (χ0n) is 6.58. The van der Waals surface area contributed by atoms with E-state index >= 15 is 0 Å². The molecule has 0 radical (unpaired) electrons. The fourth-order valence-electron chi connectivity index (χ4n) is 1.51. The molecule has 1 aliphatic heterocycles. The van der Waals surface area contributed by atoms with Gasteiger partial charge in [-0.25, -0.2) is 0 Å². The lowest BCUT2D eigenvalue weighted by molar-refractivity contribution is 0.416. The molecule has 0 saturated carbocycles. The Morgan fingerprint density at radius 1 is 1.33 bits per heavy atom. The first kappa shape index (κ1) is 6.26. The topological polar surface area (TPSA) is 28.3 Å². The minimum absolute atomic E-state index is 0.359. The lowest BCUT2D eigenvalue weighted by atomic mass is 10.1. The first-order valence-corrected chi connectivity index (χ1v) is 4.12. The number of hydrogen-bond acceptors (Lipinski definition) is 1. The first-order chi connectivity index (χ1) is 5.93. The van der Waals surface area contributed by atoms with Crippen LogP contribution in [-0.2, 0) is 4.74 Å². The maximum absolute atomic E-state index is 5.21. The van der Waals surface area contributed by atoms with E-state index in [2.05, 4.69) is 29.2 Å². The van der Waals surface area contributed by atoms with Crippen molar-refractivity contribution in [2.45, 2.75) is 6.10 Å². The van der Waals surface area contributed by atoms with Gasteiger partial charge in [-0.3, -0.25) is 0 Å². The zero-order valence-corrected chi connectivity index (χ0v) is 6.58. The zero-order chi connectivity index (χ0) is 7.97. The highest BCUT2D eigenvalue weighted by molar-refractivity contribution is 5.80. The van der Waals surface area contributed by atoms with E-state index in [-0.39, 0.29) is 0 Å². The van der Waals surface area contributed by atoms with E-state index in [1.54, 1.807) is 0 Å². The van der Waals surface area contributed by atoms with Gasteiger partial charge in [-0.1, -0.05) is 12.1 Å². The van der Waals surface area contributed by atoms with Crippen molar-refractivity contribution in [1.82, 2.24) is 4.98 Å². The van der Waals surface area contributed by atoms with Gasteiger partial charge in [0.05, 0.1) is 6.61 Å². The number of H-pyrrole nitrogens is 1. The smallest absolute Gasteiger partial charge is 0.106 e. The first-order valence-electron chi connectivity index (χ1n) is 4.12. The van der Waals surface area contributed by atoms with Crippen LogP contribution in [0.5, 0.6) is 0 Å². The van der Waals surface area contributed by atoms with Gasteiger partial charge >= 0.3 is 0 Å². The molecule has 1 unspecified atom stereocenters. The summed E-state index contributed by atoms with van der Waals surface area (Å²) in [6.45, 7) is 0.881. The quantitative estimate of drug-likeness (QED) is 0.635. The van der Waals surface area contributed by atoms with E-state index in [0.717, 1.165) is 6.61 Å². The van der Waals surface area contributed by atoms with Gasteiger partial charge in [0, 0.05) is 11.7 Å². The maximum Gasteiger partial charge on any atom is 0.106 e. The highest BCUT2D eigenvalue weighted by atomic mass is 16.6. The molecule has 3 rings (SSSR count). The molecule has 0 bridgehead atoms. The van der Waals surface area contributed by atoms with Gasteiger partial charge in [-0.05, 0) is 23.1 Å². The Morgan fingerprint density at radius 3 is 3.08 bits per heavy atom. The minimum Gasteiger partial charge on any atom is -0.368 e. The van der Waals surface area contributed by atoms with E-state index < -0.39 is 0 Å². The molecule has 1 aliphatic rings. The molecule has 1 N–H and O–H groups in total. The summed E-state index contributed by atoms with van der Waals surface area (Å²) in [5.41, 5.74) is 2.48. The van der Waals surface area contributed by atoms with Crippen molar-refractivity contribution in [1.29, 1.82) is 0 Å². The van der Waals surface area contributed by atoms with Crippen LogP contribution in [0.25, 0.3) is 10.9 Å². The number of aromatic amines is 1. The molecule has 60 valence electrons. The summed E-state index contributed by atoms with van der Waals surface area (Å²) < 4.78 is 5.21. The Labute approximate surface area is 70.2 Å². The molecule has 2 aromatic rings. The van der Waals surface area contributed by atoms with Crippen LogP contribution in [0.1, 0.15) is 11.7 Å². The van der Waals surface area contributed by atoms with Crippen LogP contribution in [0.4, 0.5) is 0 Å². The van der Waals surface area contributed by atoms with Crippen LogP contribution in [0.3, 0.4) is 0 Å². The number of ether oxygens (including phenoxy) is 1. The van der Waals surface area contributed by atoms with Crippen LogP contribution < -0.4 is 0 Å². The van der Waals surface area contributed by atoms with Crippen LogP contribution in [-0.4, -0.2) is 11.6 Å². The van der Waals surface area contributed by atoms with E-state index in [4.69, 9.17) is 4.74 Å². The molecule has 1 aromatic heterocycles. The number of rotatable bonds is 1. The highest BCUT2D eigenvalue weighted by Gasteiger charge is 2.24. The fraction of sp³-hybridized carbons (Fsp3) is 0.200. The predicted molar refractivity (Wildman–Crippen MR) is 47.0 cm³/mol. The summed E-state index contributed by atoms with van der Waals surface area (Å²) in [7, 11) is 0. The van der Waals surface area contributed by atoms with Gasteiger partial charge in [0.15, 0.2) is 0 Å². The van der Waals surface area contributed by atoms with E-state index in [9.17, 15) is 0 Å². The maximum atomic E-state index is 5.21. The van der Waals surface area contributed by atoms with Crippen molar-refractivity contribution >= 4 is 10.9 Å². The molecule has 1 atom stereocenters. The van der Waals surface area contributed by atoms with E-state index in [1.807, 2.05) is 6.20 Å². The Hall–Kier alpha value is -1.28. The summed E-state index contributed by atoms with van der Waals surface area (Å²) >= 11 is 0. The second-order valence-electron chi connectivity index (χ2n) is 3.15. The lowest BCUT2D eigenvalue weighted by Crippen LogP contribution is -1.79. The van der Waals surface area contributed by atoms with Crippen molar-refractivity contribution < 1.29 is 4.74 Å². The third kappa shape index (κ3) is 0.850. The normalized spacial score (nSPS) is 21.5. The minimum atomic E-state index is 0.359. The lowest BCUT2D eigenvalue weighted by Gasteiger charge is -1.94. The predicted octanol–water partition coefficient (Wildman–Crippen LogP) is 2.24. The summed E-state index contributed by atoms with van der Waals surface area (Å²) in [5, 5.41) is 1.26. The molecule has 12 heavy (non-hydrogen) atoms. The van der Waals surface area contributed by atoms with E-state index in [0.29, 0.717) is 6.10 Å². The molecule has 0 amide bonds.